The molecule has 0 aliphatic heterocycles. The Hall–Kier alpha value is -1.47. The number of para-hydroxylation sites is 1. The van der Waals surface area contributed by atoms with E-state index in [1.165, 1.54) is 0 Å². The van der Waals surface area contributed by atoms with Crippen molar-refractivity contribution in [2.24, 2.45) is 5.73 Å². The minimum atomic E-state index is -0.0666. The smallest absolute Gasteiger partial charge is 0.238 e. The van der Waals surface area contributed by atoms with Crippen LogP contribution in [0.3, 0.4) is 0 Å². The van der Waals surface area contributed by atoms with Crippen LogP contribution in [0.5, 0.6) is 0 Å². The summed E-state index contributed by atoms with van der Waals surface area (Å²) in [7, 11) is 3.29. The Bertz CT molecular complexity index is 418. The van der Waals surface area contributed by atoms with Gasteiger partial charge in [0, 0.05) is 39.5 Å². The third-order valence-corrected chi connectivity index (χ3v) is 3.10. The van der Waals surface area contributed by atoms with Crippen LogP contribution in [0.1, 0.15) is 5.56 Å². The Morgan fingerprint density at radius 1 is 1.19 bits per heavy atom. The summed E-state index contributed by atoms with van der Waals surface area (Å²) in [5, 5.41) is 2.90. The minimum Gasteiger partial charge on any atom is -0.383 e. The largest absolute Gasteiger partial charge is 0.383 e. The van der Waals surface area contributed by atoms with Gasteiger partial charge in [-0.3, -0.25) is 9.69 Å². The predicted octanol–water partition coefficient (Wildman–Crippen LogP) is 0.679. The highest BCUT2D eigenvalue weighted by atomic mass is 16.5. The van der Waals surface area contributed by atoms with Gasteiger partial charge in [-0.15, -0.1) is 0 Å². The molecule has 1 rings (SSSR count). The summed E-state index contributed by atoms with van der Waals surface area (Å²) in [5.74, 6) is -0.0666. The Morgan fingerprint density at radius 2 is 1.81 bits per heavy atom. The van der Waals surface area contributed by atoms with Gasteiger partial charge >= 0.3 is 0 Å². The van der Waals surface area contributed by atoms with E-state index >= 15 is 0 Å². The number of anilines is 1. The maximum Gasteiger partial charge on any atom is 0.238 e. The molecule has 0 aliphatic rings. The van der Waals surface area contributed by atoms with E-state index in [0.29, 0.717) is 39.4 Å². The molecule has 0 heterocycles. The van der Waals surface area contributed by atoms with Crippen LogP contribution in [0, 0.1) is 0 Å². The summed E-state index contributed by atoms with van der Waals surface area (Å²) in [4.78, 5) is 14.1. The average Bonchev–Trinajstić information content (AvgIpc) is 2.50. The Labute approximate surface area is 126 Å². The van der Waals surface area contributed by atoms with Gasteiger partial charge in [0.2, 0.25) is 5.91 Å². The molecule has 6 heteroatoms. The second kappa shape index (κ2) is 10.3. The number of nitrogens with zero attached hydrogens (tertiary/aromatic N) is 1. The second-order valence-electron chi connectivity index (χ2n) is 4.67. The van der Waals surface area contributed by atoms with Crippen LogP contribution >= 0.6 is 0 Å². The summed E-state index contributed by atoms with van der Waals surface area (Å²) >= 11 is 0. The molecule has 118 valence electrons. The van der Waals surface area contributed by atoms with Crippen LogP contribution in [-0.2, 0) is 20.8 Å². The topological polar surface area (TPSA) is 76.8 Å². The van der Waals surface area contributed by atoms with Crippen molar-refractivity contribution in [3.8, 4) is 0 Å². The van der Waals surface area contributed by atoms with Crippen molar-refractivity contribution in [3.63, 3.8) is 0 Å². The summed E-state index contributed by atoms with van der Waals surface area (Å²) in [6.45, 7) is 3.23. The number of benzene rings is 1. The van der Waals surface area contributed by atoms with Crippen LogP contribution in [0.4, 0.5) is 5.69 Å². The normalized spacial score (nSPS) is 10.9. The highest BCUT2D eigenvalue weighted by molar-refractivity contribution is 5.92. The quantitative estimate of drug-likeness (QED) is 0.664. The van der Waals surface area contributed by atoms with Crippen molar-refractivity contribution in [3.05, 3.63) is 29.8 Å². The molecule has 1 aromatic carbocycles. The van der Waals surface area contributed by atoms with Crippen LogP contribution in [0.15, 0.2) is 24.3 Å². The van der Waals surface area contributed by atoms with E-state index in [1.54, 1.807) is 14.2 Å². The average molecular weight is 295 g/mol. The number of nitrogens with two attached hydrogens (primary N) is 1. The van der Waals surface area contributed by atoms with Gasteiger partial charge in [-0.25, -0.2) is 0 Å². The molecule has 3 N–H and O–H groups in total. The third kappa shape index (κ3) is 6.68. The fourth-order valence-corrected chi connectivity index (χ4v) is 1.92. The fourth-order valence-electron chi connectivity index (χ4n) is 1.92. The maximum absolute atomic E-state index is 12.1. The SMILES string of the molecule is COCCN(CCOC)CC(=O)Nc1ccccc1CN. The second-order valence-corrected chi connectivity index (χ2v) is 4.67. The number of amides is 1. The molecule has 0 fully saturated rings. The molecule has 0 saturated heterocycles. The number of ether oxygens (including phenoxy) is 2. The Morgan fingerprint density at radius 3 is 2.38 bits per heavy atom. The monoisotopic (exact) mass is 295 g/mol. The van der Waals surface area contributed by atoms with E-state index in [-0.39, 0.29) is 5.91 Å². The van der Waals surface area contributed by atoms with Gasteiger partial charge in [0.1, 0.15) is 0 Å². The standard InChI is InChI=1S/C15H25N3O3/c1-20-9-7-18(8-10-21-2)12-15(19)17-14-6-4-3-5-13(14)11-16/h3-6H,7-12,16H2,1-2H3,(H,17,19). The van der Waals surface area contributed by atoms with E-state index in [2.05, 4.69) is 5.32 Å². The first-order chi connectivity index (χ1) is 10.2. The predicted molar refractivity (Wildman–Crippen MR) is 83.2 cm³/mol. The van der Waals surface area contributed by atoms with E-state index in [1.807, 2.05) is 29.2 Å². The van der Waals surface area contributed by atoms with Crippen LogP contribution in [-0.4, -0.2) is 57.9 Å². The van der Waals surface area contributed by atoms with E-state index in [9.17, 15) is 4.79 Å². The van der Waals surface area contributed by atoms with Gasteiger partial charge in [-0.05, 0) is 11.6 Å². The molecule has 0 unspecified atom stereocenters. The molecule has 1 amide bonds. The molecule has 21 heavy (non-hydrogen) atoms. The zero-order valence-electron chi connectivity index (χ0n) is 12.8. The lowest BCUT2D eigenvalue weighted by Gasteiger charge is -2.21. The summed E-state index contributed by atoms with van der Waals surface area (Å²) in [6, 6.07) is 7.54. The van der Waals surface area contributed by atoms with E-state index in [4.69, 9.17) is 15.2 Å². The molecule has 0 aliphatic carbocycles. The van der Waals surface area contributed by atoms with Gasteiger partial charge in [0.15, 0.2) is 0 Å². The van der Waals surface area contributed by atoms with Crippen LogP contribution in [0.2, 0.25) is 0 Å². The maximum atomic E-state index is 12.1. The lowest BCUT2D eigenvalue weighted by molar-refractivity contribution is -0.117. The number of carbonyl (C=O) groups excluding carboxylic acids is 1. The summed E-state index contributed by atoms with van der Waals surface area (Å²) in [5.41, 5.74) is 7.35. The number of carbonyl (C=O) groups is 1. The molecule has 0 atom stereocenters. The lowest BCUT2D eigenvalue weighted by Crippen LogP contribution is -2.37. The molecule has 0 saturated carbocycles. The van der Waals surface area contributed by atoms with E-state index in [0.717, 1.165) is 11.3 Å². The molecule has 0 radical (unpaired) electrons. The van der Waals surface area contributed by atoms with Crippen LogP contribution in [0.25, 0.3) is 0 Å². The van der Waals surface area contributed by atoms with Gasteiger partial charge in [0.25, 0.3) is 0 Å². The Balaban J connectivity index is 2.55. The van der Waals surface area contributed by atoms with Gasteiger partial charge in [0.05, 0.1) is 19.8 Å². The number of hydrogen-bond donors (Lipinski definition) is 2. The number of methoxy groups -OCH3 is 2. The molecule has 0 spiro atoms. The molecule has 6 nitrogen and oxygen atoms in total. The number of rotatable bonds is 10. The highest BCUT2D eigenvalue weighted by Crippen LogP contribution is 2.13. The van der Waals surface area contributed by atoms with Crippen LogP contribution < -0.4 is 11.1 Å². The van der Waals surface area contributed by atoms with Gasteiger partial charge in [-0.1, -0.05) is 18.2 Å². The van der Waals surface area contributed by atoms with Gasteiger partial charge < -0.3 is 20.5 Å². The minimum absolute atomic E-state index is 0.0666. The summed E-state index contributed by atoms with van der Waals surface area (Å²) in [6.07, 6.45) is 0. The number of hydrogen-bond acceptors (Lipinski definition) is 5. The zero-order valence-corrected chi connectivity index (χ0v) is 12.8. The Kier molecular flexibility index (Phi) is 8.61. The van der Waals surface area contributed by atoms with Crippen molar-refractivity contribution in [2.75, 3.05) is 52.4 Å². The van der Waals surface area contributed by atoms with E-state index < -0.39 is 0 Å². The third-order valence-electron chi connectivity index (χ3n) is 3.10. The van der Waals surface area contributed by atoms with Crippen molar-refractivity contribution < 1.29 is 14.3 Å². The first-order valence-corrected chi connectivity index (χ1v) is 6.99. The highest BCUT2D eigenvalue weighted by Gasteiger charge is 2.11. The molecular formula is C15H25N3O3. The molecule has 0 bridgehead atoms. The molecular weight excluding hydrogens is 270 g/mol. The van der Waals surface area contributed by atoms with Crippen molar-refractivity contribution in [1.29, 1.82) is 0 Å². The van der Waals surface area contributed by atoms with Crippen molar-refractivity contribution in [1.82, 2.24) is 4.90 Å². The molecule has 0 aromatic heterocycles. The van der Waals surface area contributed by atoms with Crippen molar-refractivity contribution in [2.45, 2.75) is 6.54 Å². The fraction of sp³-hybridized carbons (Fsp3) is 0.533. The summed E-state index contributed by atoms with van der Waals surface area (Å²) < 4.78 is 10.1. The van der Waals surface area contributed by atoms with Crippen molar-refractivity contribution >= 4 is 11.6 Å². The lowest BCUT2D eigenvalue weighted by atomic mass is 10.2. The van der Waals surface area contributed by atoms with Gasteiger partial charge in [-0.2, -0.15) is 0 Å². The first-order valence-electron chi connectivity index (χ1n) is 6.99. The first kappa shape index (κ1) is 17.6. The number of nitrogens with one attached hydrogen (secondary N) is 1. The zero-order chi connectivity index (χ0) is 15.5. The molecule has 1 aromatic rings.